The molecule has 0 saturated carbocycles. The Hall–Kier alpha value is -2.99. The molecule has 0 unspecified atom stereocenters. The monoisotopic (exact) mass is 332 g/mol. The zero-order valence-corrected chi connectivity index (χ0v) is 12.6. The highest BCUT2D eigenvalue weighted by atomic mass is 32.2. The second-order valence-corrected chi connectivity index (χ2v) is 5.12. The van der Waals surface area contributed by atoms with Crippen LogP contribution in [0, 0.1) is 17.1 Å². The SMILES string of the molecule is COC(=O)/C=C1/S/C(=N\N=Cc2ccc(F)c(C#N)c2)NC1=O. The normalized spacial score (nSPS) is 17.5. The average molecular weight is 332 g/mol. The lowest BCUT2D eigenvalue weighted by Gasteiger charge is -1.94. The van der Waals surface area contributed by atoms with Crippen molar-refractivity contribution in [2.75, 3.05) is 7.11 Å². The summed E-state index contributed by atoms with van der Waals surface area (Å²) in [4.78, 5) is 22.8. The third kappa shape index (κ3) is 4.24. The minimum atomic E-state index is -0.650. The van der Waals surface area contributed by atoms with Gasteiger partial charge in [0, 0.05) is 6.08 Å². The first-order valence-electron chi connectivity index (χ1n) is 6.13. The van der Waals surface area contributed by atoms with Gasteiger partial charge in [0.15, 0.2) is 5.17 Å². The van der Waals surface area contributed by atoms with E-state index in [4.69, 9.17) is 5.26 Å². The lowest BCUT2D eigenvalue weighted by Crippen LogP contribution is -2.19. The molecule has 0 aliphatic carbocycles. The summed E-state index contributed by atoms with van der Waals surface area (Å²) in [6.45, 7) is 0. The summed E-state index contributed by atoms with van der Waals surface area (Å²) in [7, 11) is 1.20. The Morgan fingerprint density at radius 1 is 1.52 bits per heavy atom. The van der Waals surface area contributed by atoms with Gasteiger partial charge < -0.3 is 4.74 Å². The molecule has 1 N–H and O–H groups in total. The summed E-state index contributed by atoms with van der Waals surface area (Å²) >= 11 is 0.931. The van der Waals surface area contributed by atoms with E-state index in [1.165, 1.54) is 25.5 Å². The highest BCUT2D eigenvalue weighted by Crippen LogP contribution is 2.23. The second kappa shape index (κ2) is 7.33. The Kier molecular flexibility index (Phi) is 5.22. The standard InChI is InChI=1S/C14H9FN4O3S/c1-22-12(20)5-11-13(21)18-14(23-11)19-17-7-8-2-3-10(15)9(4-8)6-16/h2-5,7H,1H3,(H,18,19,21)/b11-5+,17-7?. The van der Waals surface area contributed by atoms with E-state index < -0.39 is 17.7 Å². The van der Waals surface area contributed by atoms with Crippen molar-refractivity contribution in [3.05, 3.63) is 46.1 Å². The van der Waals surface area contributed by atoms with Gasteiger partial charge in [0.25, 0.3) is 5.91 Å². The highest BCUT2D eigenvalue weighted by Gasteiger charge is 2.24. The Bertz CT molecular complexity index is 796. The average Bonchev–Trinajstić information content (AvgIpc) is 2.88. The molecule has 1 fully saturated rings. The van der Waals surface area contributed by atoms with Crippen LogP contribution in [0.25, 0.3) is 0 Å². The van der Waals surface area contributed by atoms with Gasteiger partial charge in [0.05, 0.1) is 23.8 Å². The summed E-state index contributed by atoms with van der Waals surface area (Å²) in [6.07, 6.45) is 2.35. The van der Waals surface area contributed by atoms with E-state index >= 15 is 0 Å². The number of hydrogen-bond acceptors (Lipinski definition) is 7. The van der Waals surface area contributed by atoms with Gasteiger partial charge >= 0.3 is 5.97 Å². The van der Waals surface area contributed by atoms with Gasteiger partial charge in [-0.3, -0.25) is 10.1 Å². The maximum atomic E-state index is 13.2. The number of thioether (sulfide) groups is 1. The molecule has 0 bridgehead atoms. The number of nitrogens with zero attached hydrogens (tertiary/aromatic N) is 3. The van der Waals surface area contributed by atoms with Crippen molar-refractivity contribution in [2.45, 2.75) is 0 Å². The minimum absolute atomic E-state index is 0.103. The molecule has 116 valence electrons. The Morgan fingerprint density at radius 3 is 3.00 bits per heavy atom. The molecular weight excluding hydrogens is 323 g/mol. The van der Waals surface area contributed by atoms with Gasteiger partial charge in [0.2, 0.25) is 0 Å². The number of amides is 1. The number of ether oxygens (including phenoxy) is 1. The van der Waals surface area contributed by atoms with Gasteiger partial charge in [-0.1, -0.05) is 6.07 Å². The van der Waals surface area contributed by atoms with Crippen LogP contribution in [0.1, 0.15) is 11.1 Å². The summed E-state index contributed by atoms with van der Waals surface area (Å²) in [5, 5.41) is 18.9. The minimum Gasteiger partial charge on any atom is -0.466 e. The van der Waals surface area contributed by atoms with Crippen LogP contribution < -0.4 is 5.32 Å². The maximum Gasteiger partial charge on any atom is 0.331 e. The van der Waals surface area contributed by atoms with Crippen molar-refractivity contribution in [3.8, 4) is 6.07 Å². The largest absolute Gasteiger partial charge is 0.466 e. The van der Waals surface area contributed by atoms with Crippen molar-refractivity contribution in [1.29, 1.82) is 5.26 Å². The van der Waals surface area contributed by atoms with Crippen LogP contribution in [0.5, 0.6) is 0 Å². The Labute approximate surface area is 134 Å². The second-order valence-electron chi connectivity index (χ2n) is 4.09. The van der Waals surface area contributed by atoms with Gasteiger partial charge in [-0.25, -0.2) is 9.18 Å². The Morgan fingerprint density at radius 2 is 2.30 bits per heavy atom. The molecule has 1 amide bonds. The fourth-order valence-electron chi connectivity index (χ4n) is 1.50. The number of amidine groups is 1. The van der Waals surface area contributed by atoms with Crippen LogP contribution in [-0.4, -0.2) is 30.4 Å². The number of hydrogen-bond donors (Lipinski definition) is 1. The summed E-state index contributed by atoms with van der Waals surface area (Å²) in [5.74, 6) is -1.75. The van der Waals surface area contributed by atoms with E-state index in [0.29, 0.717) is 5.56 Å². The summed E-state index contributed by atoms with van der Waals surface area (Å²) in [5.41, 5.74) is 0.375. The number of carbonyl (C=O) groups excluding carboxylic acids is 2. The molecule has 2 rings (SSSR count). The molecule has 23 heavy (non-hydrogen) atoms. The van der Waals surface area contributed by atoms with E-state index in [0.717, 1.165) is 23.9 Å². The predicted molar refractivity (Wildman–Crippen MR) is 82.0 cm³/mol. The van der Waals surface area contributed by atoms with Crippen molar-refractivity contribution in [3.63, 3.8) is 0 Å². The molecule has 9 heteroatoms. The number of carbonyl (C=O) groups is 2. The number of benzene rings is 1. The molecule has 1 aliphatic heterocycles. The molecule has 0 spiro atoms. The van der Waals surface area contributed by atoms with Crippen LogP contribution >= 0.6 is 11.8 Å². The van der Waals surface area contributed by atoms with Crippen molar-refractivity contribution in [1.82, 2.24) is 5.32 Å². The maximum absolute atomic E-state index is 13.2. The topological polar surface area (TPSA) is 104 Å². The molecule has 7 nitrogen and oxygen atoms in total. The van der Waals surface area contributed by atoms with E-state index in [1.54, 1.807) is 6.07 Å². The molecule has 0 radical (unpaired) electrons. The highest BCUT2D eigenvalue weighted by molar-refractivity contribution is 8.18. The van der Waals surface area contributed by atoms with E-state index in [2.05, 4.69) is 20.3 Å². The summed E-state index contributed by atoms with van der Waals surface area (Å²) < 4.78 is 17.6. The van der Waals surface area contributed by atoms with Crippen molar-refractivity contribution >= 4 is 35.0 Å². The van der Waals surface area contributed by atoms with Crippen LogP contribution in [-0.2, 0) is 14.3 Å². The van der Waals surface area contributed by atoms with Crippen LogP contribution in [0.3, 0.4) is 0 Å². The van der Waals surface area contributed by atoms with Crippen LogP contribution in [0.2, 0.25) is 0 Å². The molecule has 1 aliphatic rings. The van der Waals surface area contributed by atoms with E-state index in [-0.39, 0.29) is 15.6 Å². The smallest absolute Gasteiger partial charge is 0.331 e. The third-order valence-corrected chi connectivity index (χ3v) is 3.47. The number of nitrogens with one attached hydrogen (secondary N) is 1. The zero-order chi connectivity index (χ0) is 16.8. The van der Waals surface area contributed by atoms with Gasteiger partial charge in [-0.15, -0.1) is 5.10 Å². The molecule has 0 aromatic heterocycles. The molecular formula is C14H9FN4O3S. The number of rotatable bonds is 3. The first-order valence-corrected chi connectivity index (χ1v) is 6.94. The van der Waals surface area contributed by atoms with Crippen LogP contribution in [0.15, 0.2) is 39.4 Å². The molecule has 1 aromatic carbocycles. The third-order valence-electron chi connectivity index (χ3n) is 2.57. The van der Waals surface area contributed by atoms with Gasteiger partial charge in [-0.05, 0) is 29.5 Å². The fourth-order valence-corrected chi connectivity index (χ4v) is 2.24. The number of methoxy groups -OCH3 is 1. The number of nitriles is 1. The Balaban J connectivity index is 2.10. The molecule has 0 atom stereocenters. The molecule has 1 saturated heterocycles. The first-order chi connectivity index (χ1) is 11.0. The predicted octanol–water partition coefficient (Wildman–Crippen LogP) is 1.31. The quantitative estimate of drug-likeness (QED) is 0.389. The van der Waals surface area contributed by atoms with Crippen LogP contribution in [0.4, 0.5) is 4.39 Å². The number of halogens is 1. The van der Waals surface area contributed by atoms with E-state index in [1.807, 2.05) is 0 Å². The van der Waals surface area contributed by atoms with Crippen molar-refractivity contribution in [2.24, 2.45) is 10.2 Å². The van der Waals surface area contributed by atoms with E-state index in [9.17, 15) is 14.0 Å². The summed E-state index contributed by atoms with van der Waals surface area (Å²) in [6, 6.07) is 5.62. The van der Waals surface area contributed by atoms with Gasteiger partial charge in [0.1, 0.15) is 11.9 Å². The zero-order valence-electron chi connectivity index (χ0n) is 11.7. The van der Waals surface area contributed by atoms with Crippen molar-refractivity contribution < 1.29 is 18.7 Å². The fraction of sp³-hybridized carbons (Fsp3) is 0.0714. The first kappa shape index (κ1) is 16.4. The molecule has 1 heterocycles. The lowest BCUT2D eigenvalue weighted by molar-refractivity contribution is -0.135. The number of esters is 1. The lowest BCUT2D eigenvalue weighted by atomic mass is 10.1. The van der Waals surface area contributed by atoms with Gasteiger partial charge in [-0.2, -0.15) is 10.4 Å². The molecule has 1 aromatic rings.